The smallest absolute Gasteiger partial charge is 0.259 e. The lowest BCUT2D eigenvalue weighted by Crippen LogP contribution is -2.30. The zero-order valence-electron chi connectivity index (χ0n) is 14.1. The molecule has 2 aliphatic rings. The van der Waals surface area contributed by atoms with Crippen LogP contribution in [0, 0.1) is 5.92 Å². The maximum absolute atomic E-state index is 12.6. The number of hydrogen-bond acceptors (Lipinski definition) is 3. The van der Waals surface area contributed by atoms with E-state index in [2.05, 4.69) is 5.32 Å². The number of amides is 2. The molecule has 2 amide bonds. The van der Waals surface area contributed by atoms with Gasteiger partial charge in [-0.15, -0.1) is 0 Å². The third-order valence-corrected chi connectivity index (χ3v) is 4.78. The Labute approximate surface area is 146 Å². The first-order chi connectivity index (χ1) is 12.2. The molecular formula is C20H20N2O3. The van der Waals surface area contributed by atoms with Crippen LogP contribution in [0.25, 0.3) is 0 Å². The van der Waals surface area contributed by atoms with E-state index in [4.69, 9.17) is 4.74 Å². The molecule has 0 saturated heterocycles. The second-order valence-electron chi connectivity index (χ2n) is 6.51. The molecule has 128 valence electrons. The van der Waals surface area contributed by atoms with Gasteiger partial charge in [0.25, 0.3) is 5.91 Å². The molecule has 1 saturated carbocycles. The maximum atomic E-state index is 12.6. The molecule has 2 aromatic rings. The second kappa shape index (κ2) is 6.24. The van der Waals surface area contributed by atoms with Crippen molar-refractivity contribution in [2.45, 2.75) is 19.3 Å². The summed E-state index contributed by atoms with van der Waals surface area (Å²) in [5.74, 6) is 0.715. The molecule has 1 heterocycles. The van der Waals surface area contributed by atoms with E-state index in [1.165, 1.54) is 0 Å². The van der Waals surface area contributed by atoms with Crippen LogP contribution in [-0.2, 0) is 11.2 Å². The van der Waals surface area contributed by atoms with Crippen molar-refractivity contribution in [2.75, 3.05) is 23.9 Å². The number of hydrogen-bond donors (Lipinski definition) is 1. The highest BCUT2D eigenvalue weighted by atomic mass is 16.5. The van der Waals surface area contributed by atoms with Gasteiger partial charge in [-0.1, -0.05) is 18.2 Å². The van der Waals surface area contributed by atoms with Crippen molar-refractivity contribution in [3.8, 4) is 5.75 Å². The number of methoxy groups -OCH3 is 1. The Kier molecular flexibility index (Phi) is 3.92. The molecule has 0 bridgehead atoms. The number of benzene rings is 2. The van der Waals surface area contributed by atoms with Crippen LogP contribution in [0.5, 0.6) is 5.75 Å². The van der Waals surface area contributed by atoms with Crippen LogP contribution in [0.3, 0.4) is 0 Å². The number of anilines is 2. The summed E-state index contributed by atoms with van der Waals surface area (Å²) in [6.45, 7) is 0.731. The predicted molar refractivity (Wildman–Crippen MR) is 96.2 cm³/mol. The monoisotopic (exact) mass is 336 g/mol. The third kappa shape index (κ3) is 2.97. The highest BCUT2D eigenvalue weighted by molar-refractivity contribution is 6.07. The number of nitrogens with one attached hydrogen (secondary N) is 1. The first-order valence-electron chi connectivity index (χ1n) is 8.56. The molecule has 5 nitrogen and oxygen atoms in total. The molecule has 1 aliphatic carbocycles. The highest BCUT2D eigenvalue weighted by Crippen LogP contribution is 2.37. The van der Waals surface area contributed by atoms with Crippen molar-refractivity contribution in [1.29, 1.82) is 0 Å². The van der Waals surface area contributed by atoms with Gasteiger partial charge in [0.1, 0.15) is 5.75 Å². The number of carbonyl (C=O) groups excluding carboxylic acids is 2. The average Bonchev–Trinajstić information content (AvgIpc) is 3.41. The Balaban J connectivity index is 1.57. The van der Waals surface area contributed by atoms with Gasteiger partial charge in [-0.05, 0) is 49.1 Å². The van der Waals surface area contributed by atoms with Crippen LogP contribution in [0.2, 0.25) is 0 Å². The molecule has 4 rings (SSSR count). The van der Waals surface area contributed by atoms with Crippen LogP contribution >= 0.6 is 0 Å². The fraction of sp³-hybridized carbons (Fsp3) is 0.300. The summed E-state index contributed by atoms with van der Waals surface area (Å²) < 4.78 is 5.25. The Morgan fingerprint density at radius 2 is 1.96 bits per heavy atom. The molecule has 0 unspecified atom stereocenters. The quantitative estimate of drug-likeness (QED) is 0.932. The van der Waals surface area contributed by atoms with Gasteiger partial charge in [-0.3, -0.25) is 9.59 Å². The molecule has 1 N–H and O–H groups in total. The normalized spacial score (nSPS) is 15.6. The molecule has 2 aromatic carbocycles. The van der Waals surface area contributed by atoms with E-state index in [-0.39, 0.29) is 17.7 Å². The molecule has 1 aliphatic heterocycles. The number of nitrogens with zero attached hydrogens (tertiary/aromatic N) is 1. The Bertz CT molecular complexity index is 843. The fourth-order valence-corrected chi connectivity index (χ4v) is 3.27. The zero-order valence-corrected chi connectivity index (χ0v) is 14.1. The lowest BCUT2D eigenvalue weighted by molar-refractivity contribution is -0.119. The van der Waals surface area contributed by atoms with Gasteiger partial charge in [0.05, 0.1) is 12.7 Å². The standard InChI is InChI=1S/C20H20N2O3/c1-25-18-5-3-2-4-16(18)19(23)21-15-9-8-13-10-11-22(17(13)12-15)20(24)14-6-7-14/h2-5,8-9,12,14H,6-7,10-11H2,1H3,(H,21,23). The predicted octanol–water partition coefficient (Wildman–Crippen LogP) is 3.25. The summed E-state index contributed by atoms with van der Waals surface area (Å²) in [6.07, 6.45) is 2.86. The lowest BCUT2D eigenvalue weighted by Gasteiger charge is -2.18. The Hall–Kier alpha value is -2.82. The third-order valence-electron chi connectivity index (χ3n) is 4.78. The van der Waals surface area contributed by atoms with E-state index in [0.29, 0.717) is 17.0 Å². The molecule has 0 spiro atoms. The molecule has 1 fully saturated rings. The molecule has 25 heavy (non-hydrogen) atoms. The summed E-state index contributed by atoms with van der Waals surface area (Å²) in [7, 11) is 1.54. The summed E-state index contributed by atoms with van der Waals surface area (Å²) in [5, 5.41) is 2.91. The van der Waals surface area contributed by atoms with E-state index >= 15 is 0 Å². The Morgan fingerprint density at radius 3 is 2.72 bits per heavy atom. The first kappa shape index (κ1) is 15.7. The minimum Gasteiger partial charge on any atom is -0.496 e. The van der Waals surface area contributed by atoms with Crippen molar-refractivity contribution >= 4 is 23.2 Å². The minimum absolute atomic E-state index is 0.192. The van der Waals surface area contributed by atoms with Crippen molar-refractivity contribution in [3.63, 3.8) is 0 Å². The first-order valence-corrected chi connectivity index (χ1v) is 8.56. The molecule has 0 atom stereocenters. The van der Waals surface area contributed by atoms with Gasteiger partial charge >= 0.3 is 0 Å². The van der Waals surface area contributed by atoms with Gasteiger partial charge < -0.3 is 15.0 Å². The lowest BCUT2D eigenvalue weighted by atomic mass is 10.1. The summed E-state index contributed by atoms with van der Waals surface area (Å²) in [6, 6.07) is 12.9. The van der Waals surface area contributed by atoms with Crippen molar-refractivity contribution in [1.82, 2.24) is 0 Å². The SMILES string of the molecule is COc1ccccc1C(=O)Nc1ccc2c(c1)N(C(=O)C1CC1)CC2. The van der Waals surface area contributed by atoms with Gasteiger partial charge in [-0.2, -0.15) is 0 Å². The van der Waals surface area contributed by atoms with Crippen LogP contribution < -0.4 is 15.0 Å². The number of para-hydroxylation sites is 1. The zero-order chi connectivity index (χ0) is 17.4. The number of ether oxygens (including phenoxy) is 1. The van der Waals surface area contributed by atoms with Crippen LogP contribution in [-0.4, -0.2) is 25.5 Å². The number of rotatable bonds is 4. The number of carbonyl (C=O) groups is 2. The number of fused-ring (bicyclic) bond motifs is 1. The molecule has 0 radical (unpaired) electrons. The molecule has 0 aromatic heterocycles. The van der Waals surface area contributed by atoms with E-state index in [9.17, 15) is 9.59 Å². The fourth-order valence-electron chi connectivity index (χ4n) is 3.27. The van der Waals surface area contributed by atoms with E-state index in [1.807, 2.05) is 29.2 Å². The van der Waals surface area contributed by atoms with Crippen LogP contribution in [0.4, 0.5) is 11.4 Å². The second-order valence-corrected chi connectivity index (χ2v) is 6.51. The Morgan fingerprint density at radius 1 is 1.16 bits per heavy atom. The highest BCUT2D eigenvalue weighted by Gasteiger charge is 2.36. The van der Waals surface area contributed by atoms with E-state index in [1.54, 1.807) is 25.3 Å². The van der Waals surface area contributed by atoms with Crippen molar-refractivity contribution < 1.29 is 14.3 Å². The maximum Gasteiger partial charge on any atom is 0.259 e. The van der Waals surface area contributed by atoms with E-state index < -0.39 is 0 Å². The topological polar surface area (TPSA) is 58.6 Å². The largest absolute Gasteiger partial charge is 0.496 e. The minimum atomic E-state index is -0.226. The van der Waals surface area contributed by atoms with Gasteiger partial charge in [0.2, 0.25) is 5.91 Å². The van der Waals surface area contributed by atoms with Crippen LogP contribution in [0.1, 0.15) is 28.8 Å². The van der Waals surface area contributed by atoms with E-state index in [0.717, 1.165) is 37.1 Å². The molecule has 5 heteroatoms. The van der Waals surface area contributed by atoms with Gasteiger partial charge in [0.15, 0.2) is 0 Å². The van der Waals surface area contributed by atoms with Crippen molar-refractivity contribution in [2.24, 2.45) is 5.92 Å². The van der Waals surface area contributed by atoms with Crippen molar-refractivity contribution in [3.05, 3.63) is 53.6 Å². The van der Waals surface area contributed by atoms with Crippen LogP contribution in [0.15, 0.2) is 42.5 Å². The van der Waals surface area contributed by atoms with Gasteiger partial charge in [0, 0.05) is 23.8 Å². The summed E-state index contributed by atoms with van der Waals surface area (Å²) in [5.41, 5.74) is 3.25. The summed E-state index contributed by atoms with van der Waals surface area (Å²) in [4.78, 5) is 26.9. The average molecular weight is 336 g/mol. The summed E-state index contributed by atoms with van der Waals surface area (Å²) >= 11 is 0. The van der Waals surface area contributed by atoms with Gasteiger partial charge in [-0.25, -0.2) is 0 Å². The molecular weight excluding hydrogens is 316 g/mol.